The van der Waals surface area contributed by atoms with Gasteiger partial charge in [0.25, 0.3) is 23.1 Å². The van der Waals surface area contributed by atoms with Crippen LogP contribution in [0.3, 0.4) is 0 Å². The number of ether oxygens (including phenoxy) is 6. The minimum Gasteiger partial charge on any atom is -0.473 e. The number of nitrogens with two attached hydrogens (primary N) is 4. The summed E-state index contributed by atoms with van der Waals surface area (Å²) in [5.41, 5.74) is 34.4. The predicted molar refractivity (Wildman–Crippen MR) is 427 cm³/mol. The first-order valence-electron chi connectivity index (χ1n) is 35.2. The van der Waals surface area contributed by atoms with Gasteiger partial charge in [-0.15, -0.1) is 0 Å². The van der Waals surface area contributed by atoms with Crippen LogP contribution in [0.15, 0.2) is 192 Å². The number of fused-ring (bicyclic) bond motifs is 6. The largest absolute Gasteiger partial charge is 0.494 e. The fourth-order valence-electron chi connectivity index (χ4n) is 10.9. The van der Waals surface area contributed by atoms with Crippen LogP contribution in [-0.4, -0.2) is 139 Å². The smallest absolute Gasteiger partial charge is 0.473 e. The standard InChI is InChI=1S/C20H18N4O3.C13H17BN2O3.C13H13BrN2O2.C8H5BrN2O.C8H6N2O.C6H8N2.C6H12O.C4H6O3/c21-20-24-17-10-13(2-4-18(17)27-20)12-1-3-15-16(9-12)23-19(11-22-15)26-14-5-7-25-8-6-14;1-12(2)13(3,4)19-14(18-12)8-5-6-10-9(7-8)16-11(15)17-10;14-9-1-2-11-12(7-9)16-13(8-15-11)18-10-3-5-17-6-4-10;9-5-1-2-6-7(3-5)11-8(12)4-10-6;11-8-5-9-6-3-1-2-4-7(6)10-8;7-5-3-1-2-4-6(5)8;1-6-2-4-7-5-3-6;1-2-7-4(6)3-5/h1-4,9-11,14H,5-8H2,(H2,21,24);5-7H,1-4H3,(H2,15,16);1-2,7-8,10H,3-6H2;1-4H,(H,11,12);1-5H,(H,10,11);1-4H,7-8H2;6H,2-5H2,1H3;3H,2H2,1H3. The lowest BCUT2D eigenvalue weighted by Crippen LogP contribution is -2.41. The number of oxazole rings is 2. The molecule has 10 heterocycles. The van der Waals surface area contributed by atoms with E-state index in [9.17, 15) is 19.2 Å². The van der Waals surface area contributed by atoms with Crippen LogP contribution < -0.4 is 49.0 Å². The maximum atomic E-state index is 10.9. The molecule has 10 N–H and O–H groups in total. The number of carbonyl (C=O) groups excluding carboxylic acids is 2. The lowest BCUT2D eigenvalue weighted by atomic mass is 9.79. The molecule has 568 valence electrons. The Morgan fingerprint density at radius 3 is 1.47 bits per heavy atom. The van der Waals surface area contributed by atoms with Crippen molar-refractivity contribution in [2.24, 2.45) is 5.92 Å². The molecule has 28 nitrogen and oxygen atoms in total. The third-order valence-corrected chi connectivity index (χ3v) is 18.5. The highest BCUT2D eigenvalue weighted by Gasteiger charge is 2.51. The highest BCUT2D eigenvalue weighted by atomic mass is 79.9. The van der Waals surface area contributed by atoms with Crippen LogP contribution in [0.25, 0.3) is 77.5 Å². The zero-order valence-electron chi connectivity index (χ0n) is 61.0. The number of aldehydes is 1. The Labute approximate surface area is 644 Å². The van der Waals surface area contributed by atoms with Crippen molar-refractivity contribution in [3.8, 4) is 22.9 Å². The first-order chi connectivity index (χ1) is 52.5. The van der Waals surface area contributed by atoms with E-state index in [0.29, 0.717) is 39.8 Å². The van der Waals surface area contributed by atoms with Crippen molar-refractivity contribution in [2.45, 2.75) is 103 Å². The minimum absolute atomic E-state index is 0.133. The van der Waals surface area contributed by atoms with Crippen LogP contribution in [0.4, 0.5) is 23.4 Å². The van der Waals surface area contributed by atoms with Gasteiger partial charge in [-0.3, -0.25) is 14.4 Å². The van der Waals surface area contributed by atoms with Crippen LogP contribution in [0.1, 0.15) is 80.1 Å². The van der Waals surface area contributed by atoms with E-state index in [0.717, 1.165) is 146 Å². The van der Waals surface area contributed by atoms with Crippen molar-refractivity contribution in [1.82, 2.24) is 49.8 Å². The highest BCUT2D eigenvalue weighted by Crippen LogP contribution is 2.37. The summed E-state index contributed by atoms with van der Waals surface area (Å²) in [7, 11) is -0.396. The van der Waals surface area contributed by atoms with Gasteiger partial charge >= 0.3 is 13.1 Å². The van der Waals surface area contributed by atoms with E-state index < -0.39 is 13.1 Å². The Morgan fingerprint density at radius 1 is 0.514 bits per heavy atom. The second-order valence-electron chi connectivity index (χ2n) is 26.2. The molecule has 4 aliphatic heterocycles. The van der Waals surface area contributed by atoms with Crippen molar-refractivity contribution in [2.75, 3.05) is 69.2 Å². The summed E-state index contributed by atoms with van der Waals surface area (Å²) < 4.78 is 56.3. The van der Waals surface area contributed by atoms with Gasteiger partial charge in [-0.25, -0.2) is 34.7 Å². The molecule has 0 spiro atoms. The fourth-order valence-corrected chi connectivity index (χ4v) is 11.6. The number of para-hydroxylation sites is 4. The molecule has 0 aliphatic carbocycles. The van der Waals surface area contributed by atoms with Crippen LogP contribution >= 0.6 is 31.9 Å². The lowest BCUT2D eigenvalue weighted by molar-refractivity contribution is -0.148. The molecule has 4 saturated heterocycles. The number of aromatic nitrogens is 10. The summed E-state index contributed by atoms with van der Waals surface area (Å²) in [4.78, 5) is 80.4. The van der Waals surface area contributed by atoms with E-state index in [4.69, 9.17) is 64.8 Å². The number of benzene rings is 7. The topological polar surface area (TPSA) is 407 Å². The van der Waals surface area contributed by atoms with Crippen molar-refractivity contribution in [3.63, 3.8) is 0 Å². The third-order valence-electron chi connectivity index (χ3n) is 17.5. The zero-order chi connectivity index (χ0) is 77.5. The number of hydrogen-bond donors (Lipinski definition) is 6. The number of H-pyrrole nitrogens is 2. The molecule has 4 fully saturated rings. The van der Waals surface area contributed by atoms with Gasteiger partial charge < -0.3 is 79.5 Å². The summed E-state index contributed by atoms with van der Waals surface area (Å²) in [5, 5.41) is 0. The summed E-state index contributed by atoms with van der Waals surface area (Å²) in [6, 6.07) is 43.8. The van der Waals surface area contributed by atoms with Crippen LogP contribution in [0.2, 0.25) is 0 Å². The first kappa shape index (κ1) is 80.7. The predicted octanol–water partition coefficient (Wildman–Crippen LogP) is 12.9. The molecule has 0 amide bonds. The number of nitrogens with one attached hydrogen (secondary N) is 2. The molecule has 109 heavy (non-hydrogen) atoms. The van der Waals surface area contributed by atoms with Crippen molar-refractivity contribution in [1.29, 1.82) is 0 Å². The third kappa shape index (κ3) is 23.8. The molecule has 0 radical (unpaired) electrons. The van der Waals surface area contributed by atoms with Gasteiger partial charge in [0, 0.05) is 47.8 Å². The molecule has 13 aromatic rings. The quantitative estimate of drug-likeness (QED) is 0.0270. The summed E-state index contributed by atoms with van der Waals surface area (Å²) in [6.07, 6.45) is 12.5. The van der Waals surface area contributed by atoms with Crippen molar-refractivity contribution in [3.05, 3.63) is 194 Å². The average molecular weight is 1610 g/mol. The van der Waals surface area contributed by atoms with E-state index in [2.05, 4.69) is 93.4 Å². The van der Waals surface area contributed by atoms with Crippen LogP contribution in [0.5, 0.6) is 11.8 Å². The second kappa shape index (κ2) is 38.8. The minimum atomic E-state index is -0.803. The molecule has 0 unspecified atom stereocenters. The number of rotatable bonds is 8. The molecule has 6 aromatic heterocycles. The summed E-state index contributed by atoms with van der Waals surface area (Å²) >= 11 is 6.74. The molecule has 17 rings (SSSR count). The van der Waals surface area contributed by atoms with Gasteiger partial charge in [0.2, 0.25) is 18.0 Å². The summed E-state index contributed by atoms with van der Waals surface area (Å²) in [5.74, 6) is 1.25. The number of carbonyl (C=O) groups is 2. The Kier molecular flexibility index (Phi) is 28.8. The van der Waals surface area contributed by atoms with Gasteiger partial charge in [0.1, 0.15) is 23.2 Å². The number of halogens is 2. The van der Waals surface area contributed by atoms with Crippen molar-refractivity contribution >= 4 is 146 Å². The molecule has 0 atom stereocenters. The molecular formula is C78H85BBr2N14O14. The number of esters is 1. The van der Waals surface area contributed by atoms with E-state index in [1.54, 1.807) is 31.5 Å². The lowest BCUT2D eigenvalue weighted by Gasteiger charge is -2.32. The van der Waals surface area contributed by atoms with E-state index in [1.165, 1.54) is 25.2 Å². The van der Waals surface area contributed by atoms with Gasteiger partial charge in [-0.2, -0.15) is 9.97 Å². The molecule has 0 saturated carbocycles. The Bertz CT molecular complexity index is 5270. The van der Waals surface area contributed by atoms with Crippen LogP contribution in [-0.2, 0) is 37.8 Å². The summed E-state index contributed by atoms with van der Waals surface area (Å²) in [6.45, 7) is 17.2. The Morgan fingerprint density at radius 2 is 0.954 bits per heavy atom. The highest BCUT2D eigenvalue weighted by molar-refractivity contribution is 9.10. The van der Waals surface area contributed by atoms with Crippen LogP contribution in [0, 0.1) is 5.92 Å². The molecule has 31 heteroatoms. The molecule has 0 bridgehead atoms. The second-order valence-corrected chi connectivity index (χ2v) is 28.0. The van der Waals surface area contributed by atoms with E-state index in [1.807, 2.05) is 155 Å². The zero-order valence-corrected chi connectivity index (χ0v) is 64.2. The van der Waals surface area contributed by atoms with E-state index in [-0.39, 0.29) is 59.5 Å². The van der Waals surface area contributed by atoms with Gasteiger partial charge in [-0.1, -0.05) is 81.2 Å². The molecular weight excluding hydrogens is 1530 g/mol. The number of nitrogens with zero attached hydrogens (tertiary/aromatic N) is 8. The fraction of sp³-hybridized carbons (Fsp3) is 0.308. The first-order valence-corrected chi connectivity index (χ1v) is 36.8. The number of nitrogen functional groups attached to an aromatic ring is 4. The number of hydrogen-bond acceptors (Lipinski definition) is 26. The van der Waals surface area contributed by atoms with Crippen molar-refractivity contribution < 1.29 is 56.2 Å². The Hall–Kier alpha value is -10.8. The maximum absolute atomic E-state index is 10.9. The monoisotopic (exact) mass is 1610 g/mol. The van der Waals surface area contributed by atoms with Gasteiger partial charge in [-0.05, 0) is 167 Å². The number of aromatic amines is 2. The molecule has 4 aliphatic rings. The van der Waals surface area contributed by atoms with Gasteiger partial charge in [0.15, 0.2) is 11.2 Å². The van der Waals surface area contributed by atoms with Gasteiger partial charge in [0.05, 0.1) is 125 Å². The number of anilines is 4. The average Bonchev–Trinajstić information content (AvgIpc) is 1.63. The maximum Gasteiger partial charge on any atom is 0.494 e. The van der Waals surface area contributed by atoms with E-state index >= 15 is 0 Å². The normalized spacial score (nSPS) is 15.2. The SMILES string of the molecule is Brc1ccc2ncc(OC3CCOCC3)nc2c1.CC1(C)OB(c2ccc3oc(N)nc3c2)OC1(C)C.CC1CCOCC1.CCOC(=O)C=O.Nc1ccccc1N.Nc1nc2cc(-c3ccc4ncc(OC5CCOCC5)nc4c3)ccc2o1.O=c1cnc2ccc(Br)cc2[nH]1.O=c1cnc2ccccc2[nH]1. The molecule has 7 aromatic carbocycles. The Balaban J connectivity index is 0.000000139.